The summed E-state index contributed by atoms with van der Waals surface area (Å²) in [6, 6.07) is 7.63. The number of piperidine rings is 2. The summed E-state index contributed by atoms with van der Waals surface area (Å²) in [5.74, 6) is 0.191. The largest absolute Gasteiger partial charge is 0.481 e. The van der Waals surface area contributed by atoms with Gasteiger partial charge in [-0.15, -0.1) is 0 Å². The van der Waals surface area contributed by atoms with E-state index in [1.807, 2.05) is 45.0 Å². The van der Waals surface area contributed by atoms with Crippen LogP contribution in [0.25, 0.3) is 0 Å². The molecule has 3 rings (SSSR count). The van der Waals surface area contributed by atoms with E-state index >= 15 is 0 Å². The second-order valence-electron chi connectivity index (χ2n) is 8.39. The fourth-order valence-corrected chi connectivity index (χ4v) is 3.51. The number of hydrogen-bond donors (Lipinski definition) is 1. The number of ether oxygens (including phenoxy) is 2. The summed E-state index contributed by atoms with van der Waals surface area (Å²) in [4.78, 5) is 37.1. The Morgan fingerprint density at radius 3 is 2.50 bits per heavy atom. The van der Waals surface area contributed by atoms with E-state index in [2.05, 4.69) is 5.32 Å². The normalized spacial score (nSPS) is 23.2. The molecular weight excluding hydrogens is 360 g/mol. The molecule has 1 N–H and O–H groups in total. The molecule has 2 heterocycles. The number of benzene rings is 1. The Morgan fingerprint density at radius 1 is 1.14 bits per heavy atom. The molecule has 2 saturated heterocycles. The summed E-state index contributed by atoms with van der Waals surface area (Å²) in [5.41, 5.74) is 0.628. The lowest BCUT2D eigenvalue weighted by molar-refractivity contribution is -0.138. The molecule has 0 bridgehead atoms. The Kier molecular flexibility index (Phi) is 5.91. The average Bonchev–Trinajstić information content (AvgIpc) is 2.63. The highest BCUT2D eigenvalue weighted by Crippen LogP contribution is 2.29. The Bertz CT molecular complexity index is 738. The number of hydrogen-bond acceptors (Lipinski definition) is 5. The van der Waals surface area contributed by atoms with E-state index in [9.17, 15) is 14.4 Å². The second-order valence-corrected chi connectivity index (χ2v) is 8.39. The number of amides is 3. The van der Waals surface area contributed by atoms with Crippen molar-refractivity contribution in [3.63, 3.8) is 0 Å². The predicted molar refractivity (Wildman–Crippen MR) is 103 cm³/mol. The van der Waals surface area contributed by atoms with E-state index in [-0.39, 0.29) is 30.2 Å². The topological polar surface area (TPSA) is 84.9 Å². The van der Waals surface area contributed by atoms with Gasteiger partial charge < -0.3 is 14.4 Å². The molecule has 0 aromatic heterocycles. The van der Waals surface area contributed by atoms with Gasteiger partial charge in [0.2, 0.25) is 5.91 Å². The summed E-state index contributed by atoms with van der Waals surface area (Å²) in [5, 5.41) is 2.29. The number of nitrogens with zero attached hydrogens (tertiary/aromatic N) is 1. The van der Waals surface area contributed by atoms with Crippen molar-refractivity contribution >= 4 is 17.9 Å². The number of carbonyl (C=O) groups is 3. The lowest BCUT2D eigenvalue weighted by atomic mass is 9.91. The van der Waals surface area contributed by atoms with Gasteiger partial charge in [-0.3, -0.25) is 14.9 Å². The van der Waals surface area contributed by atoms with Crippen molar-refractivity contribution in [1.82, 2.24) is 10.2 Å². The summed E-state index contributed by atoms with van der Waals surface area (Å²) < 4.78 is 11.2. The zero-order valence-corrected chi connectivity index (χ0v) is 16.7. The van der Waals surface area contributed by atoms with Crippen LogP contribution >= 0.6 is 0 Å². The number of nitrogens with one attached hydrogen (secondary N) is 1. The van der Waals surface area contributed by atoms with Crippen LogP contribution in [0.3, 0.4) is 0 Å². The van der Waals surface area contributed by atoms with Crippen molar-refractivity contribution in [2.75, 3.05) is 13.1 Å². The molecule has 2 aliphatic heterocycles. The van der Waals surface area contributed by atoms with Crippen molar-refractivity contribution < 1.29 is 23.9 Å². The van der Waals surface area contributed by atoms with E-state index in [1.54, 1.807) is 4.90 Å². The standard InChI is InChI=1S/C21H28N2O5/c1-21(2,3)28-20(26)23-12-4-5-15(13-23)14-6-8-16(9-7-14)27-17-10-11-18(24)22-19(17)25/h6-9,15,17H,4-5,10-13H2,1-3H3,(H,22,24,25). The predicted octanol–water partition coefficient (Wildman–Crippen LogP) is 2.99. The quantitative estimate of drug-likeness (QED) is 0.805. The number of likely N-dealkylation sites (tertiary alicyclic amines) is 1. The van der Waals surface area contributed by atoms with Gasteiger partial charge >= 0.3 is 6.09 Å². The number of carbonyl (C=O) groups excluding carboxylic acids is 3. The Labute approximate surface area is 165 Å². The maximum Gasteiger partial charge on any atom is 0.410 e. The third kappa shape index (κ3) is 5.24. The minimum absolute atomic E-state index is 0.242. The van der Waals surface area contributed by atoms with E-state index in [4.69, 9.17) is 9.47 Å². The zero-order chi connectivity index (χ0) is 20.3. The Hall–Kier alpha value is -2.57. The molecule has 1 aromatic carbocycles. The molecule has 2 aliphatic rings. The molecule has 0 saturated carbocycles. The molecule has 2 fully saturated rings. The van der Waals surface area contributed by atoms with Crippen LogP contribution in [0, 0.1) is 0 Å². The van der Waals surface area contributed by atoms with Crippen molar-refractivity contribution in [2.45, 2.75) is 64.1 Å². The van der Waals surface area contributed by atoms with Crippen molar-refractivity contribution in [3.8, 4) is 5.75 Å². The Morgan fingerprint density at radius 2 is 1.86 bits per heavy atom. The smallest absolute Gasteiger partial charge is 0.410 e. The van der Waals surface area contributed by atoms with E-state index in [1.165, 1.54) is 0 Å². The number of rotatable bonds is 3. The van der Waals surface area contributed by atoms with Crippen molar-refractivity contribution in [3.05, 3.63) is 29.8 Å². The summed E-state index contributed by atoms with van der Waals surface area (Å²) in [6.07, 6.45) is 1.71. The number of imide groups is 1. The van der Waals surface area contributed by atoms with Crippen molar-refractivity contribution in [1.29, 1.82) is 0 Å². The molecule has 0 radical (unpaired) electrons. The highest BCUT2D eigenvalue weighted by molar-refractivity contribution is 5.99. The zero-order valence-electron chi connectivity index (χ0n) is 16.7. The van der Waals surface area contributed by atoms with Gasteiger partial charge in [-0.2, -0.15) is 0 Å². The molecule has 2 unspecified atom stereocenters. The highest BCUT2D eigenvalue weighted by Gasteiger charge is 2.30. The summed E-state index contributed by atoms with van der Waals surface area (Å²) in [7, 11) is 0. The van der Waals surface area contributed by atoms with Gasteiger partial charge in [0, 0.05) is 31.8 Å². The molecule has 2 atom stereocenters. The monoisotopic (exact) mass is 388 g/mol. The Balaban J connectivity index is 1.59. The highest BCUT2D eigenvalue weighted by atomic mass is 16.6. The molecule has 7 nitrogen and oxygen atoms in total. The minimum Gasteiger partial charge on any atom is -0.481 e. The van der Waals surface area contributed by atoms with Gasteiger partial charge in [-0.05, 0) is 51.3 Å². The van der Waals surface area contributed by atoms with Gasteiger partial charge in [-0.25, -0.2) is 4.79 Å². The van der Waals surface area contributed by atoms with Crippen LogP contribution in [0.4, 0.5) is 4.79 Å². The fraction of sp³-hybridized carbons (Fsp3) is 0.571. The van der Waals surface area contributed by atoms with E-state index in [0.717, 1.165) is 18.4 Å². The molecule has 1 aromatic rings. The first-order valence-corrected chi connectivity index (χ1v) is 9.79. The molecular formula is C21H28N2O5. The second kappa shape index (κ2) is 8.20. The van der Waals surface area contributed by atoms with Gasteiger partial charge in [0.1, 0.15) is 11.4 Å². The summed E-state index contributed by atoms with van der Waals surface area (Å²) in [6.45, 7) is 6.94. The van der Waals surface area contributed by atoms with E-state index in [0.29, 0.717) is 25.3 Å². The fourth-order valence-electron chi connectivity index (χ4n) is 3.51. The van der Waals surface area contributed by atoms with Crippen LogP contribution in [0.5, 0.6) is 5.75 Å². The van der Waals surface area contributed by atoms with Crippen LogP contribution in [-0.2, 0) is 14.3 Å². The van der Waals surface area contributed by atoms with E-state index < -0.39 is 11.7 Å². The van der Waals surface area contributed by atoms with Crippen LogP contribution in [0.2, 0.25) is 0 Å². The van der Waals surface area contributed by atoms with Gasteiger partial charge in [0.15, 0.2) is 6.10 Å². The van der Waals surface area contributed by atoms with Gasteiger partial charge in [-0.1, -0.05) is 12.1 Å². The third-order valence-corrected chi connectivity index (χ3v) is 4.89. The molecule has 152 valence electrons. The van der Waals surface area contributed by atoms with Crippen LogP contribution in [-0.4, -0.2) is 47.6 Å². The average molecular weight is 388 g/mol. The molecule has 0 spiro atoms. The lowest BCUT2D eigenvalue weighted by Gasteiger charge is -2.34. The van der Waals surface area contributed by atoms with Crippen molar-refractivity contribution in [2.24, 2.45) is 0 Å². The SMILES string of the molecule is CC(C)(C)OC(=O)N1CCCC(c2ccc(OC3CCC(=O)NC3=O)cc2)C1. The first kappa shape index (κ1) is 20.2. The molecule has 28 heavy (non-hydrogen) atoms. The lowest BCUT2D eigenvalue weighted by Crippen LogP contribution is -2.46. The van der Waals surface area contributed by atoms with Crippen LogP contribution < -0.4 is 10.1 Å². The maximum absolute atomic E-state index is 12.3. The van der Waals surface area contributed by atoms with Crippen LogP contribution in [0.15, 0.2) is 24.3 Å². The third-order valence-electron chi connectivity index (χ3n) is 4.89. The van der Waals surface area contributed by atoms with Gasteiger partial charge in [0.25, 0.3) is 5.91 Å². The molecule has 7 heteroatoms. The molecule has 3 amide bonds. The molecule has 0 aliphatic carbocycles. The minimum atomic E-state index is -0.638. The first-order valence-electron chi connectivity index (χ1n) is 9.79. The first-order chi connectivity index (χ1) is 13.2. The summed E-state index contributed by atoms with van der Waals surface area (Å²) >= 11 is 0. The van der Waals surface area contributed by atoms with Gasteiger partial charge in [0.05, 0.1) is 0 Å². The van der Waals surface area contributed by atoms with Crippen LogP contribution in [0.1, 0.15) is 57.9 Å². The maximum atomic E-state index is 12.3.